The van der Waals surface area contributed by atoms with E-state index >= 15 is 0 Å². The Bertz CT molecular complexity index is 998. The Labute approximate surface area is 197 Å². The minimum Gasteiger partial charge on any atom is -0.357 e. The quantitative estimate of drug-likeness (QED) is 0.407. The molecular weight excluding hydrogens is 408 g/mol. The molecule has 2 unspecified atom stereocenters. The lowest BCUT2D eigenvalue weighted by molar-refractivity contribution is 0.134. The summed E-state index contributed by atoms with van der Waals surface area (Å²) in [5.41, 5.74) is 2.65. The van der Waals surface area contributed by atoms with Gasteiger partial charge in [-0.15, -0.1) is 0 Å². The molecule has 2 atom stereocenters. The smallest absolute Gasteiger partial charge is 0.191 e. The molecule has 0 bridgehead atoms. The highest BCUT2D eigenvalue weighted by Crippen LogP contribution is 2.20. The van der Waals surface area contributed by atoms with E-state index in [1.165, 1.54) is 11.1 Å². The van der Waals surface area contributed by atoms with Gasteiger partial charge in [-0.2, -0.15) is 0 Å². The number of guanidine groups is 1. The molecule has 3 aromatic rings. The van der Waals surface area contributed by atoms with E-state index < -0.39 is 0 Å². The summed E-state index contributed by atoms with van der Waals surface area (Å²) in [4.78, 5) is 12.0. The van der Waals surface area contributed by atoms with Gasteiger partial charge in [-0.3, -0.25) is 4.90 Å². The largest absolute Gasteiger partial charge is 0.357 e. The zero-order chi connectivity index (χ0) is 22.9. The number of benzene rings is 2. The van der Waals surface area contributed by atoms with Crippen LogP contribution in [-0.4, -0.2) is 45.6 Å². The van der Waals surface area contributed by atoms with Gasteiger partial charge in [0.1, 0.15) is 12.4 Å². The number of likely N-dealkylation sites (tertiary alicyclic amines) is 1. The maximum atomic E-state index is 4.86. The molecule has 2 aromatic carbocycles. The molecule has 0 saturated carbocycles. The van der Waals surface area contributed by atoms with E-state index in [-0.39, 0.29) is 0 Å². The van der Waals surface area contributed by atoms with Gasteiger partial charge in [0.15, 0.2) is 5.96 Å². The van der Waals surface area contributed by atoms with Crippen LogP contribution in [0.2, 0.25) is 0 Å². The molecular formula is C27H36N6. The predicted octanol–water partition coefficient (Wildman–Crippen LogP) is 4.04. The maximum Gasteiger partial charge on any atom is 0.191 e. The van der Waals surface area contributed by atoms with Gasteiger partial charge < -0.3 is 15.2 Å². The van der Waals surface area contributed by atoms with Crippen LogP contribution in [0.1, 0.15) is 43.6 Å². The molecule has 6 heteroatoms. The Balaban J connectivity index is 1.33. The summed E-state index contributed by atoms with van der Waals surface area (Å²) >= 11 is 0. The molecule has 174 valence electrons. The molecule has 2 N–H and O–H groups in total. The average Bonchev–Trinajstić information content (AvgIpc) is 3.27. The minimum atomic E-state index is 0.425. The van der Waals surface area contributed by atoms with Crippen LogP contribution in [0.4, 0.5) is 0 Å². The van der Waals surface area contributed by atoms with Gasteiger partial charge in [-0.1, -0.05) is 60.7 Å². The van der Waals surface area contributed by atoms with Crippen molar-refractivity contribution in [3.05, 3.63) is 90.0 Å². The van der Waals surface area contributed by atoms with E-state index in [4.69, 9.17) is 4.99 Å². The summed E-state index contributed by atoms with van der Waals surface area (Å²) in [6.45, 7) is 8.76. The van der Waals surface area contributed by atoms with Gasteiger partial charge in [0.25, 0.3) is 0 Å². The van der Waals surface area contributed by atoms with Crippen molar-refractivity contribution in [1.29, 1.82) is 0 Å². The molecule has 1 fully saturated rings. The predicted molar refractivity (Wildman–Crippen MR) is 135 cm³/mol. The van der Waals surface area contributed by atoms with E-state index in [0.29, 0.717) is 18.6 Å². The van der Waals surface area contributed by atoms with Crippen LogP contribution in [0, 0.1) is 0 Å². The monoisotopic (exact) mass is 444 g/mol. The summed E-state index contributed by atoms with van der Waals surface area (Å²) < 4.78 is 2.17. The van der Waals surface area contributed by atoms with Crippen LogP contribution in [0.5, 0.6) is 0 Å². The Hall–Kier alpha value is -3.12. The number of hydrogen-bond acceptors (Lipinski definition) is 3. The molecule has 6 nitrogen and oxygen atoms in total. The Kier molecular flexibility index (Phi) is 8.14. The third-order valence-electron chi connectivity index (χ3n) is 6.30. The van der Waals surface area contributed by atoms with Crippen LogP contribution in [0.3, 0.4) is 0 Å². The molecule has 33 heavy (non-hydrogen) atoms. The van der Waals surface area contributed by atoms with E-state index in [1.807, 2.05) is 18.5 Å². The Morgan fingerprint density at radius 1 is 1.03 bits per heavy atom. The zero-order valence-electron chi connectivity index (χ0n) is 19.8. The first kappa shape index (κ1) is 23.1. The minimum absolute atomic E-state index is 0.425. The van der Waals surface area contributed by atoms with E-state index in [9.17, 15) is 0 Å². The topological polar surface area (TPSA) is 57.5 Å². The number of nitrogens with one attached hydrogen (secondary N) is 2. The number of aliphatic imine (C=N–C) groups is 1. The molecule has 1 aliphatic heterocycles. The van der Waals surface area contributed by atoms with Gasteiger partial charge >= 0.3 is 0 Å². The van der Waals surface area contributed by atoms with Crippen molar-refractivity contribution in [3.63, 3.8) is 0 Å². The second-order valence-corrected chi connectivity index (χ2v) is 8.82. The van der Waals surface area contributed by atoms with E-state index in [2.05, 4.69) is 93.5 Å². The van der Waals surface area contributed by atoms with Gasteiger partial charge in [-0.05, 0) is 37.8 Å². The normalized spacial score (nSPS) is 19.4. The molecule has 1 aromatic heterocycles. The average molecular weight is 445 g/mol. The van der Waals surface area contributed by atoms with Crippen LogP contribution in [0.15, 0.2) is 78.0 Å². The Morgan fingerprint density at radius 3 is 2.39 bits per heavy atom. The lowest BCUT2D eigenvalue weighted by Gasteiger charge is -2.38. The van der Waals surface area contributed by atoms with Gasteiger partial charge in [0, 0.05) is 50.7 Å². The van der Waals surface area contributed by atoms with Gasteiger partial charge in [0.05, 0.1) is 0 Å². The third-order valence-corrected chi connectivity index (χ3v) is 6.30. The highest BCUT2D eigenvalue weighted by molar-refractivity contribution is 5.80. The van der Waals surface area contributed by atoms with Crippen molar-refractivity contribution in [2.45, 2.75) is 58.4 Å². The fraction of sp³-hybridized carbons (Fsp3) is 0.407. The lowest BCUT2D eigenvalue weighted by Crippen LogP contribution is -2.51. The second kappa shape index (κ2) is 11.7. The Morgan fingerprint density at radius 2 is 1.73 bits per heavy atom. The number of imidazole rings is 1. The maximum absolute atomic E-state index is 4.86. The SMILES string of the molecule is CCNC(=NCc1nccn1Cc1ccccc1)NC1CCN(Cc2ccccc2)C(C)C1. The van der Waals surface area contributed by atoms with E-state index in [1.54, 1.807) is 0 Å². The lowest BCUT2D eigenvalue weighted by atomic mass is 9.97. The van der Waals surface area contributed by atoms with Crippen LogP contribution in [-0.2, 0) is 19.6 Å². The molecule has 0 aliphatic carbocycles. The summed E-state index contributed by atoms with van der Waals surface area (Å²) in [5, 5.41) is 7.09. The highest BCUT2D eigenvalue weighted by atomic mass is 15.2. The van der Waals surface area contributed by atoms with Crippen molar-refractivity contribution < 1.29 is 0 Å². The van der Waals surface area contributed by atoms with Crippen molar-refractivity contribution in [3.8, 4) is 0 Å². The summed E-state index contributed by atoms with van der Waals surface area (Å²) in [6.07, 6.45) is 6.12. The molecule has 0 radical (unpaired) electrons. The molecule has 2 heterocycles. The standard InChI is InChI=1S/C27H36N6/c1-3-28-27(30-19-26-29-15-17-33(26)21-24-12-8-5-9-13-24)31-25-14-16-32(22(2)18-25)20-23-10-6-4-7-11-23/h4-13,15,17,22,25H,3,14,16,18-21H2,1-2H3,(H2,28,30,31). The van der Waals surface area contributed by atoms with E-state index in [0.717, 1.165) is 50.8 Å². The van der Waals surface area contributed by atoms with Gasteiger partial charge in [-0.25, -0.2) is 9.98 Å². The highest BCUT2D eigenvalue weighted by Gasteiger charge is 2.26. The fourth-order valence-corrected chi connectivity index (χ4v) is 4.48. The van der Waals surface area contributed by atoms with Crippen LogP contribution < -0.4 is 10.6 Å². The zero-order valence-corrected chi connectivity index (χ0v) is 19.8. The summed E-state index contributed by atoms with van der Waals surface area (Å²) in [7, 11) is 0. The number of nitrogens with zero attached hydrogens (tertiary/aromatic N) is 4. The van der Waals surface area contributed by atoms with Gasteiger partial charge in [0.2, 0.25) is 0 Å². The number of rotatable bonds is 8. The first-order valence-corrected chi connectivity index (χ1v) is 12.1. The van der Waals surface area contributed by atoms with Crippen molar-refractivity contribution in [2.75, 3.05) is 13.1 Å². The molecule has 4 rings (SSSR count). The van der Waals surface area contributed by atoms with Crippen LogP contribution >= 0.6 is 0 Å². The molecule has 0 amide bonds. The molecule has 0 spiro atoms. The molecule has 1 saturated heterocycles. The second-order valence-electron chi connectivity index (χ2n) is 8.82. The molecule has 1 aliphatic rings. The fourth-order valence-electron chi connectivity index (χ4n) is 4.48. The summed E-state index contributed by atoms with van der Waals surface area (Å²) in [6, 6.07) is 22.2. The number of aromatic nitrogens is 2. The number of piperidine rings is 1. The first-order chi connectivity index (χ1) is 16.2. The van der Waals surface area contributed by atoms with Crippen LogP contribution in [0.25, 0.3) is 0 Å². The van der Waals surface area contributed by atoms with Crippen molar-refractivity contribution >= 4 is 5.96 Å². The third kappa shape index (κ3) is 6.68. The first-order valence-electron chi connectivity index (χ1n) is 12.1. The van der Waals surface area contributed by atoms with Crippen molar-refractivity contribution in [1.82, 2.24) is 25.1 Å². The van der Waals surface area contributed by atoms with Crippen molar-refractivity contribution in [2.24, 2.45) is 4.99 Å². The summed E-state index contributed by atoms with van der Waals surface area (Å²) in [5.74, 6) is 1.85. The number of hydrogen-bond donors (Lipinski definition) is 2.